The van der Waals surface area contributed by atoms with Gasteiger partial charge in [-0.3, -0.25) is 9.71 Å². The fourth-order valence-electron chi connectivity index (χ4n) is 2.52. The summed E-state index contributed by atoms with van der Waals surface area (Å²) in [5.41, 5.74) is 3.32. The highest BCUT2D eigenvalue weighted by Crippen LogP contribution is 2.25. The minimum Gasteiger partial charge on any atom is -0.465 e. The average Bonchev–Trinajstić information content (AvgIpc) is 2.66. The minimum absolute atomic E-state index is 0.0479. The first-order valence-corrected chi connectivity index (χ1v) is 9.84. The van der Waals surface area contributed by atoms with Gasteiger partial charge in [-0.2, -0.15) is 0 Å². The molecule has 0 spiro atoms. The zero-order valence-corrected chi connectivity index (χ0v) is 15.5. The summed E-state index contributed by atoms with van der Waals surface area (Å²) in [7, 11) is -2.28. The van der Waals surface area contributed by atoms with Crippen LogP contribution < -0.4 is 4.72 Å². The molecular formula is C19H17N3O4S. The molecule has 0 atom stereocenters. The number of sulfonamides is 1. The Labute approximate surface area is 157 Å². The first-order chi connectivity index (χ1) is 12.9. The van der Waals surface area contributed by atoms with Crippen molar-refractivity contribution in [3.05, 3.63) is 66.5 Å². The fourth-order valence-corrected chi connectivity index (χ4v) is 3.01. The maximum absolute atomic E-state index is 11.9. The number of carbonyl (C=O) groups excluding carboxylic acids is 1. The van der Waals surface area contributed by atoms with E-state index in [-0.39, 0.29) is 11.4 Å². The molecule has 1 aromatic carbocycles. The van der Waals surface area contributed by atoms with Crippen molar-refractivity contribution in [2.24, 2.45) is 0 Å². The van der Waals surface area contributed by atoms with Crippen LogP contribution in [-0.4, -0.2) is 37.7 Å². The number of rotatable bonds is 5. The second-order valence-electron chi connectivity index (χ2n) is 5.81. The van der Waals surface area contributed by atoms with Gasteiger partial charge in [-0.05, 0) is 29.3 Å². The largest absolute Gasteiger partial charge is 0.465 e. The van der Waals surface area contributed by atoms with Crippen molar-refractivity contribution >= 4 is 21.8 Å². The Morgan fingerprint density at radius 1 is 1.04 bits per heavy atom. The number of hydrogen-bond acceptors (Lipinski definition) is 6. The van der Waals surface area contributed by atoms with Crippen LogP contribution in [0.1, 0.15) is 10.4 Å². The van der Waals surface area contributed by atoms with E-state index in [0.29, 0.717) is 5.69 Å². The zero-order valence-electron chi connectivity index (χ0n) is 14.7. The van der Waals surface area contributed by atoms with Crippen LogP contribution in [-0.2, 0) is 14.8 Å². The molecule has 0 aliphatic rings. The summed E-state index contributed by atoms with van der Waals surface area (Å²) in [4.78, 5) is 20.3. The highest BCUT2D eigenvalue weighted by Gasteiger charge is 2.13. The number of nitrogens with zero attached hydrogens (tertiary/aromatic N) is 2. The van der Waals surface area contributed by atoms with Crippen LogP contribution in [0.4, 0.5) is 5.82 Å². The van der Waals surface area contributed by atoms with Crippen LogP contribution in [0.5, 0.6) is 0 Å². The van der Waals surface area contributed by atoms with Gasteiger partial charge in [-0.1, -0.05) is 30.3 Å². The third kappa shape index (κ3) is 4.68. The maximum atomic E-state index is 11.9. The topological polar surface area (TPSA) is 98.2 Å². The second kappa shape index (κ2) is 7.55. The maximum Gasteiger partial charge on any atom is 0.338 e. The predicted octanol–water partition coefficient (Wildman–Crippen LogP) is 2.97. The van der Waals surface area contributed by atoms with Crippen molar-refractivity contribution in [3.63, 3.8) is 0 Å². The van der Waals surface area contributed by atoms with E-state index in [1.165, 1.54) is 13.2 Å². The molecule has 0 unspecified atom stereocenters. The SMILES string of the molecule is COC(=O)c1cc(NS(C)(=O)=O)nc(-c2ccc(-c3cccnc3)cc2)c1. The van der Waals surface area contributed by atoms with E-state index in [4.69, 9.17) is 4.74 Å². The molecular weight excluding hydrogens is 366 g/mol. The summed E-state index contributed by atoms with van der Waals surface area (Å²) in [6.07, 6.45) is 4.48. The van der Waals surface area contributed by atoms with E-state index in [1.807, 2.05) is 36.4 Å². The van der Waals surface area contributed by atoms with Gasteiger partial charge in [-0.25, -0.2) is 18.2 Å². The molecule has 0 amide bonds. The van der Waals surface area contributed by atoms with Crippen LogP contribution in [0.2, 0.25) is 0 Å². The van der Waals surface area contributed by atoms with E-state index in [1.54, 1.807) is 18.5 Å². The summed E-state index contributed by atoms with van der Waals surface area (Å²) in [6, 6.07) is 14.2. The van der Waals surface area contributed by atoms with E-state index < -0.39 is 16.0 Å². The lowest BCUT2D eigenvalue weighted by Crippen LogP contribution is -2.12. The number of esters is 1. The van der Waals surface area contributed by atoms with E-state index in [9.17, 15) is 13.2 Å². The van der Waals surface area contributed by atoms with Crippen molar-refractivity contribution in [1.82, 2.24) is 9.97 Å². The number of benzene rings is 1. The average molecular weight is 383 g/mol. The predicted molar refractivity (Wildman–Crippen MR) is 103 cm³/mol. The number of pyridine rings is 2. The molecule has 0 radical (unpaired) electrons. The van der Waals surface area contributed by atoms with Gasteiger partial charge in [0.1, 0.15) is 5.82 Å². The van der Waals surface area contributed by atoms with Crippen molar-refractivity contribution in [2.75, 3.05) is 18.1 Å². The third-order valence-electron chi connectivity index (χ3n) is 3.71. The molecule has 2 aromatic heterocycles. The number of anilines is 1. The van der Waals surface area contributed by atoms with Gasteiger partial charge >= 0.3 is 5.97 Å². The third-order valence-corrected chi connectivity index (χ3v) is 4.29. The van der Waals surface area contributed by atoms with Crippen LogP contribution in [0.25, 0.3) is 22.4 Å². The molecule has 0 aliphatic heterocycles. The van der Waals surface area contributed by atoms with Gasteiger partial charge in [0.25, 0.3) is 0 Å². The molecule has 0 saturated carbocycles. The quantitative estimate of drug-likeness (QED) is 0.680. The Bertz CT molecular complexity index is 1070. The monoisotopic (exact) mass is 383 g/mol. The Kier molecular flexibility index (Phi) is 5.18. The molecule has 0 aliphatic carbocycles. The molecule has 138 valence electrons. The molecule has 0 bridgehead atoms. The highest BCUT2D eigenvalue weighted by atomic mass is 32.2. The standard InChI is InChI=1S/C19H17N3O4S/c1-26-19(23)16-10-17(21-18(11-16)22-27(2,24)25)14-7-5-13(6-8-14)15-4-3-9-20-12-15/h3-12H,1-2H3,(H,21,22). The van der Waals surface area contributed by atoms with Crippen molar-refractivity contribution in [2.45, 2.75) is 0 Å². The van der Waals surface area contributed by atoms with Gasteiger partial charge < -0.3 is 4.74 Å². The van der Waals surface area contributed by atoms with E-state index >= 15 is 0 Å². The van der Waals surface area contributed by atoms with E-state index in [2.05, 4.69) is 14.7 Å². The number of hydrogen-bond donors (Lipinski definition) is 1. The van der Waals surface area contributed by atoms with Crippen LogP contribution in [0.15, 0.2) is 60.9 Å². The Hall–Kier alpha value is -3.26. The second-order valence-corrected chi connectivity index (χ2v) is 7.56. The number of methoxy groups -OCH3 is 1. The van der Waals surface area contributed by atoms with Gasteiger partial charge in [0.2, 0.25) is 10.0 Å². The summed E-state index contributed by atoms with van der Waals surface area (Å²) < 4.78 is 30.1. The first-order valence-electron chi connectivity index (χ1n) is 7.95. The Morgan fingerprint density at radius 3 is 2.33 bits per heavy atom. The van der Waals surface area contributed by atoms with Gasteiger partial charge in [0.15, 0.2) is 0 Å². The lowest BCUT2D eigenvalue weighted by Gasteiger charge is -2.10. The molecule has 3 rings (SSSR count). The molecule has 1 N–H and O–H groups in total. The summed E-state index contributed by atoms with van der Waals surface area (Å²) in [5.74, 6) is -0.533. The molecule has 0 fully saturated rings. The zero-order chi connectivity index (χ0) is 19.4. The lowest BCUT2D eigenvalue weighted by molar-refractivity contribution is 0.0600. The summed E-state index contributed by atoms with van der Waals surface area (Å²) >= 11 is 0. The first kappa shape index (κ1) is 18.5. The highest BCUT2D eigenvalue weighted by molar-refractivity contribution is 7.92. The van der Waals surface area contributed by atoms with Crippen molar-refractivity contribution < 1.29 is 17.9 Å². The molecule has 8 heteroatoms. The van der Waals surface area contributed by atoms with E-state index in [0.717, 1.165) is 22.9 Å². The Morgan fingerprint density at radius 2 is 1.74 bits per heavy atom. The molecule has 0 saturated heterocycles. The number of ether oxygens (including phenoxy) is 1. The summed E-state index contributed by atoms with van der Waals surface area (Å²) in [6.45, 7) is 0. The van der Waals surface area contributed by atoms with Gasteiger partial charge in [0, 0.05) is 18.0 Å². The molecule has 2 heterocycles. The number of carbonyl (C=O) groups is 1. The minimum atomic E-state index is -3.54. The van der Waals surface area contributed by atoms with Crippen LogP contribution in [0, 0.1) is 0 Å². The van der Waals surface area contributed by atoms with Crippen LogP contribution >= 0.6 is 0 Å². The molecule has 7 nitrogen and oxygen atoms in total. The summed E-state index contributed by atoms with van der Waals surface area (Å²) in [5, 5.41) is 0. The van der Waals surface area contributed by atoms with Gasteiger partial charge in [0.05, 0.1) is 24.6 Å². The Balaban J connectivity index is 2.02. The smallest absolute Gasteiger partial charge is 0.338 e. The van der Waals surface area contributed by atoms with Gasteiger partial charge in [-0.15, -0.1) is 0 Å². The number of nitrogens with one attached hydrogen (secondary N) is 1. The normalized spacial score (nSPS) is 11.0. The molecule has 27 heavy (non-hydrogen) atoms. The fraction of sp³-hybridized carbons (Fsp3) is 0.105. The van der Waals surface area contributed by atoms with Crippen molar-refractivity contribution in [3.8, 4) is 22.4 Å². The molecule has 3 aromatic rings. The van der Waals surface area contributed by atoms with Crippen molar-refractivity contribution in [1.29, 1.82) is 0 Å². The lowest BCUT2D eigenvalue weighted by atomic mass is 10.0. The van der Waals surface area contributed by atoms with Crippen LogP contribution in [0.3, 0.4) is 0 Å². The number of aromatic nitrogens is 2.